The van der Waals surface area contributed by atoms with Crippen LogP contribution in [0.4, 0.5) is 13.2 Å². The molecule has 0 atom stereocenters. The van der Waals surface area contributed by atoms with Gasteiger partial charge in [0.2, 0.25) is 5.91 Å². The van der Waals surface area contributed by atoms with E-state index in [0.717, 1.165) is 17.0 Å². The van der Waals surface area contributed by atoms with E-state index >= 15 is 0 Å². The minimum Gasteiger partial charge on any atom is -0.345 e. The Kier molecular flexibility index (Phi) is 6.01. The van der Waals surface area contributed by atoms with Crippen LogP contribution in [0, 0.1) is 13.8 Å². The number of hydrogen-bond acceptors (Lipinski definition) is 3. The highest BCUT2D eigenvalue weighted by molar-refractivity contribution is 5.96. The Balaban J connectivity index is 1.93. The highest BCUT2D eigenvalue weighted by Crippen LogP contribution is 2.12. The molecule has 0 aliphatic carbocycles. The van der Waals surface area contributed by atoms with Crippen molar-refractivity contribution in [2.45, 2.75) is 26.6 Å². The fraction of sp³-hybridized carbons (Fsp3) is 0.353. The molecule has 2 rings (SSSR count). The maximum Gasteiger partial charge on any atom is 0.405 e. The zero-order chi connectivity index (χ0) is 19.3. The van der Waals surface area contributed by atoms with Gasteiger partial charge in [-0.1, -0.05) is 12.1 Å². The first-order valence-electron chi connectivity index (χ1n) is 7.86. The summed E-state index contributed by atoms with van der Waals surface area (Å²) in [7, 11) is 0. The summed E-state index contributed by atoms with van der Waals surface area (Å²) < 4.78 is 37.9. The number of aryl methyl sites for hydroxylation is 2. The lowest BCUT2D eigenvalue weighted by atomic mass is 10.1. The van der Waals surface area contributed by atoms with Crippen LogP contribution in [0.2, 0.25) is 0 Å². The standard InChI is InChI=1S/C17H19F3N4O2/c1-11-6-12(2)24(23-11)9-13-4-3-5-14(7-13)16(26)21-8-15(25)22-10-17(18,19)20/h3-7H,8-10H2,1-2H3,(H,21,26)(H,22,25). The van der Waals surface area contributed by atoms with E-state index in [4.69, 9.17) is 0 Å². The number of nitrogens with one attached hydrogen (secondary N) is 2. The lowest BCUT2D eigenvalue weighted by Crippen LogP contribution is -2.40. The van der Waals surface area contributed by atoms with E-state index in [2.05, 4.69) is 10.4 Å². The number of hydrogen-bond donors (Lipinski definition) is 2. The van der Waals surface area contributed by atoms with Crippen molar-refractivity contribution in [1.29, 1.82) is 0 Å². The van der Waals surface area contributed by atoms with Crippen molar-refractivity contribution in [1.82, 2.24) is 20.4 Å². The van der Waals surface area contributed by atoms with E-state index in [1.807, 2.05) is 26.0 Å². The van der Waals surface area contributed by atoms with E-state index in [1.165, 1.54) is 0 Å². The van der Waals surface area contributed by atoms with Gasteiger partial charge in [-0.05, 0) is 37.6 Å². The highest BCUT2D eigenvalue weighted by atomic mass is 19.4. The summed E-state index contributed by atoms with van der Waals surface area (Å²) in [6.07, 6.45) is -4.49. The minimum absolute atomic E-state index is 0.313. The van der Waals surface area contributed by atoms with Crippen LogP contribution in [0.25, 0.3) is 0 Å². The zero-order valence-electron chi connectivity index (χ0n) is 14.4. The fourth-order valence-electron chi connectivity index (χ4n) is 2.34. The number of benzene rings is 1. The van der Waals surface area contributed by atoms with Gasteiger partial charge < -0.3 is 10.6 Å². The molecule has 0 aliphatic heterocycles. The van der Waals surface area contributed by atoms with Crippen LogP contribution in [-0.2, 0) is 11.3 Å². The molecule has 2 N–H and O–H groups in total. The molecular weight excluding hydrogens is 349 g/mol. The van der Waals surface area contributed by atoms with Crippen molar-refractivity contribution >= 4 is 11.8 Å². The fourth-order valence-corrected chi connectivity index (χ4v) is 2.34. The Hall–Kier alpha value is -2.84. The van der Waals surface area contributed by atoms with E-state index in [1.54, 1.807) is 28.2 Å². The molecule has 0 spiro atoms. The number of rotatable bonds is 6. The second-order valence-corrected chi connectivity index (χ2v) is 5.86. The Bertz CT molecular complexity index is 800. The lowest BCUT2D eigenvalue weighted by molar-refractivity contribution is -0.137. The van der Waals surface area contributed by atoms with E-state index in [-0.39, 0.29) is 0 Å². The molecule has 0 fully saturated rings. The van der Waals surface area contributed by atoms with Crippen LogP contribution in [0.5, 0.6) is 0 Å². The van der Waals surface area contributed by atoms with Gasteiger partial charge in [0.25, 0.3) is 5.91 Å². The molecule has 0 bridgehead atoms. The molecule has 0 aliphatic rings. The van der Waals surface area contributed by atoms with Crippen LogP contribution in [0.3, 0.4) is 0 Å². The smallest absolute Gasteiger partial charge is 0.345 e. The predicted octanol–water partition coefficient (Wildman–Crippen LogP) is 1.96. The van der Waals surface area contributed by atoms with Crippen molar-refractivity contribution in [3.8, 4) is 0 Å². The Morgan fingerprint density at radius 1 is 1.15 bits per heavy atom. The Morgan fingerprint density at radius 3 is 2.50 bits per heavy atom. The minimum atomic E-state index is -4.49. The van der Waals surface area contributed by atoms with Crippen LogP contribution < -0.4 is 10.6 Å². The van der Waals surface area contributed by atoms with Crippen molar-refractivity contribution in [3.05, 3.63) is 52.8 Å². The second kappa shape index (κ2) is 8.03. The maximum atomic E-state index is 12.1. The third-order valence-corrected chi connectivity index (χ3v) is 3.52. The van der Waals surface area contributed by atoms with Gasteiger partial charge in [0, 0.05) is 11.3 Å². The van der Waals surface area contributed by atoms with E-state index in [0.29, 0.717) is 12.1 Å². The molecular formula is C17H19F3N4O2. The molecule has 6 nitrogen and oxygen atoms in total. The van der Waals surface area contributed by atoms with Crippen molar-refractivity contribution in [2.75, 3.05) is 13.1 Å². The summed E-state index contributed by atoms with van der Waals surface area (Å²) in [5, 5.41) is 8.34. The molecule has 0 unspecified atom stereocenters. The molecule has 0 saturated heterocycles. The number of carbonyl (C=O) groups excluding carboxylic acids is 2. The second-order valence-electron chi connectivity index (χ2n) is 5.86. The molecule has 1 aromatic carbocycles. The average molecular weight is 368 g/mol. The third-order valence-electron chi connectivity index (χ3n) is 3.52. The summed E-state index contributed by atoms with van der Waals surface area (Å²) in [6, 6.07) is 8.69. The molecule has 1 heterocycles. The van der Waals surface area contributed by atoms with Crippen molar-refractivity contribution < 1.29 is 22.8 Å². The number of halogens is 3. The summed E-state index contributed by atoms with van der Waals surface area (Å²) in [4.78, 5) is 23.4. The van der Waals surface area contributed by atoms with Crippen LogP contribution in [0.1, 0.15) is 27.3 Å². The number of alkyl halides is 3. The highest BCUT2D eigenvalue weighted by Gasteiger charge is 2.27. The summed E-state index contributed by atoms with van der Waals surface area (Å²) >= 11 is 0. The van der Waals surface area contributed by atoms with Crippen molar-refractivity contribution in [2.24, 2.45) is 0 Å². The van der Waals surface area contributed by atoms with Crippen molar-refractivity contribution in [3.63, 3.8) is 0 Å². The number of carbonyl (C=O) groups is 2. The topological polar surface area (TPSA) is 76.0 Å². The van der Waals surface area contributed by atoms with E-state index < -0.39 is 31.1 Å². The first kappa shape index (κ1) is 19.5. The Morgan fingerprint density at radius 2 is 1.88 bits per heavy atom. The van der Waals surface area contributed by atoms with Crippen LogP contribution in [0.15, 0.2) is 30.3 Å². The average Bonchev–Trinajstić information content (AvgIpc) is 2.87. The number of aromatic nitrogens is 2. The van der Waals surface area contributed by atoms with Gasteiger partial charge in [-0.15, -0.1) is 0 Å². The molecule has 9 heteroatoms. The molecule has 26 heavy (non-hydrogen) atoms. The van der Waals surface area contributed by atoms with Gasteiger partial charge in [0.05, 0.1) is 18.8 Å². The molecule has 0 radical (unpaired) electrons. The zero-order valence-corrected chi connectivity index (χ0v) is 14.4. The Labute approximate surface area is 148 Å². The largest absolute Gasteiger partial charge is 0.405 e. The quantitative estimate of drug-likeness (QED) is 0.818. The number of nitrogens with zero attached hydrogens (tertiary/aromatic N) is 2. The normalized spacial score (nSPS) is 11.3. The van der Waals surface area contributed by atoms with Gasteiger partial charge in [-0.3, -0.25) is 14.3 Å². The third kappa shape index (κ3) is 5.91. The van der Waals surface area contributed by atoms with Gasteiger partial charge in [0.1, 0.15) is 6.54 Å². The van der Waals surface area contributed by atoms with Gasteiger partial charge in [-0.25, -0.2) is 0 Å². The summed E-state index contributed by atoms with van der Waals surface area (Å²) in [5.74, 6) is -1.45. The van der Waals surface area contributed by atoms with Gasteiger partial charge in [-0.2, -0.15) is 18.3 Å². The lowest BCUT2D eigenvalue weighted by Gasteiger charge is -2.10. The molecule has 140 valence electrons. The number of amides is 2. The first-order valence-corrected chi connectivity index (χ1v) is 7.86. The predicted molar refractivity (Wildman–Crippen MR) is 88.6 cm³/mol. The monoisotopic (exact) mass is 368 g/mol. The maximum absolute atomic E-state index is 12.1. The first-order chi connectivity index (χ1) is 12.1. The van der Waals surface area contributed by atoms with Gasteiger partial charge in [0.15, 0.2) is 0 Å². The van der Waals surface area contributed by atoms with E-state index in [9.17, 15) is 22.8 Å². The molecule has 2 aromatic rings. The van der Waals surface area contributed by atoms with Gasteiger partial charge >= 0.3 is 6.18 Å². The summed E-state index contributed by atoms with van der Waals surface area (Å²) in [5.41, 5.74) is 3.03. The summed E-state index contributed by atoms with van der Waals surface area (Å²) in [6.45, 7) is 2.33. The molecule has 1 aromatic heterocycles. The van der Waals surface area contributed by atoms with Crippen LogP contribution in [-0.4, -0.2) is 40.9 Å². The molecule has 0 saturated carbocycles. The molecule has 2 amide bonds. The SMILES string of the molecule is Cc1cc(C)n(Cc2cccc(C(=O)NCC(=O)NCC(F)(F)F)c2)n1. The van der Waals surface area contributed by atoms with Crippen LogP contribution >= 0.6 is 0 Å².